The van der Waals surface area contributed by atoms with Gasteiger partial charge in [-0.05, 0) is 17.7 Å². The summed E-state index contributed by atoms with van der Waals surface area (Å²) in [5.74, 6) is -0.192. The maximum Gasteiger partial charge on any atom is 0.269 e. The fraction of sp³-hybridized carbons (Fsp3) is 0.0500. The van der Waals surface area contributed by atoms with Gasteiger partial charge in [0.05, 0.1) is 11.2 Å². The van der Waals surface area contributed by atoms with Crippen LogP contribution in [0.3, 0.4) is 0 Å². The number of benzene rings is 2. The molecule has 0 saturated carbocycles. The van der Waals surface area contributed by atoms with Crippen LogP contribution >= 0.6 is 0 Å². The number of hydrogen-bond donors (Lipinski definition) is 2. The van der Waals surface area contributed by atoms with Crippen molar-refractivity contribution in [3.05, 3.63) is 84.2 Å². The second kappa shape index (κ2) is 6.57. The number of carbonyl (C=O) groups is 1. The zero-order chi connectivity index (χ0) is 17.1. The van der Waals surface area contributed by atoms with Gasteiger partial charge in [-0.3, -0.25) is 14.9 Å². The van der Waals surface area contributed by atoms with Crippen LogP contribution in [0.15, 0.2) is 72.9 Å². The molecule has 0 fully saturated rings. The number of pyridine rings is 1. The fourth-order valence-electron chi connectivity index (χ4n) is 2.78. The molecule has 4 rings (SSSR count). The van der Waals surface area contributed by atoms with E-state index in [9.17, 15) is 4.79 Å². The summed E-state index contributed by atoms with van der Waals surface area (Å²) in [6.07, 6.45) is 1.76. The van der Waals surface area contributed by atoms with Gasteiger partial charge in [0.25, 0.3) is 5.91 Å². The van der Waals surface area contributed by atoms with Gasteiger partial charge in [-0.2, -0.15) is 5.10 Å². The van der Waals surface area contributed by atoms with Gasteiger partial charge in [0.15, 0.2) is 0 Å². The topological polar surface area (TPSA) is 70.7 Å². The van der Waals surface area contributed by atoms with Gasteiger partial charge in [-0.1, -0.05) is 54.6 Å². The quantitative estimate of drug-likeness (QED) is 0.602. The first-order chi connectivity index (χ1) is 12.3. The summed E-state index contributed by atoms with van der Waals surface area (Å²) in [5, 5.41) is 11.0. The number of aromatic amines is 1. The summed E-state index contributed by atoms with van der Waals surface area (Å²) >= 11 is 0. The number of rotatable bonds is 4. The van der Waals surface area contributed by atoms with Gasteiger partial charge in [0.1, 0.15) is 5.69 Å². The van der Waals surface area contributed by atoms with Crippen LogP contribution in [-0.4, -0.2) is 21.1 Å². The van der Waals surface area contributed by atoms with Gasteiger partial charge < -0.3 is 5.32 Å². The maximum atomic E-state index is 12.4. The minimum atomic E-state index is -0.192. The fourth-order valence-corrected chi connectivity index (χ4v) is 2.78. The minimum Gasteiger partial charge on any atom is -0.347 e. The Labute approximate surface area is 144 Å². The van der Waals surface area contributed by atoms with Crippen LogP contribution in [0.4, 0.5) is 0 Å². The molecule has 2 aromatic carbocycles. The van der Waals surface area contributed by atoms with Crippen molar-refractivity contribution in [2.75, 3.05) is 0 Å². The molecular formula is C20H16N4O. The van der Waals surface area contributed by atoms with Gasteiger partial charge in [-0.25, -0.2) is 0 Å². The predicted octanol–water partition coefficient (Wildman–Crippen LogP) is 3.55. The Bertz CT molecular complexity index is 1020. The largest absolute Gasteiger partial charge is 0.347 e. The second-order valence-corrected chi connectivity index (χ2v) is 5.71. The average Bonchev–Trinajstić information content (AvgIpc) is 3.17. The Morgan fingerprint density at radius 2 is 1.84 bits per heavy atom. The number of fused-ring (bicyclic) bond motifs is 1. The van der Waals surface area contributed by atoms with Crippen molar-refractivity contribution in [1.82, 2.24) is 20.5 Å². The van der Waals surface area contributed by atoms with Crippen molar-refractivity contribution in [3.63, 3.8) is 0 Å². The van der Waals surface area contributed by atoms with Crippen LogP contribution in [-0.2, 0) is 6.54 Å². The first-order valence-corrected chi connectivity index (χ1v) is 8.03. The molecule has 0 unspecified atom stereocenters. The van der Waals surface area contributed by atoms with Crippen LogP contribution in [0.25, 0.3) is 22.2 Å². The number of para-hydroxylation sites is 1. The highest BCUT2D eigenvalue weighted by Crippen LogP contribution is 2.18. The minimum absolute atomic E-state index is 0.192. The number of nitrogens with one attached hydrogen (secondary N) is 2. The molecule has 0 spiro atoms. The molecule has 5 heteroatoms. The van der Waals surface area contributed by atoms with Crippen molar-refractivity contribution in [2.24, 2.45) is 0 Å². The van der Waals surface area contributed by atoms with Crippen molar-refractivity contribution in [2.45, 2.75) is 6.54 Å². The summed E-state index contributed by atoms with van der Waals surface area (Å²) in [5.41, 5.74) is 4.04. The van der Waals surface area contributed by atoms with E-state index >= 15 is 0 Å². The molecule has 122 valence electrons. The van der Waals surface area contributed by atoms with E-state index in [-0.39, 0.29) is 5.91 Å². The highest BCUT2D eigenvalue weighted by molar-refractivity contribution is 5.93. The van der Waals surface area contributed by atoms with Crippen LogP contribution in [0.1, 0.15) is 16.1 Å². The number of H-pyrrole nitrogens is 1. The first kappa shape index (κ1) is 15.1. The van der Waals surface area contributed by atoms with E-state index in [1.54, 1.807) is 12.3 Å². The van der Waals surface area contributed by atoms with Gasteiger partial charge >= 0.3 is 0 Å². The summed E-state index contributed by atoms with van der Waals surface area (Å²) in [6.45, 7) is 0.410. The number of carbonyl (C=O) groups excluding carboxylic acids is 1. The Morgan fingerprint density at radius 1 is 1.00 bits per heavy atom. The highest BCUT2D eigenvalue weighted by Gasteiger charge is 2.11. The molecular weight excluding hydrogens is 312 g/mol. The van der Waals surface area contributed by atoms with E-state index in [1.807, 2.05) is 60.7 Å². The Morgan fingerprint density at radius 3 is 2.72 bits per heavy atom. The zero-order valence-electron chi connectivity index (χ0n) is 13.4. The van der Waals surface area contributed by atoms with Crippen LogP contribution in [0.5, 0.6) is 0 Å². The molecule has 2 aromatic heterocycles. The average molecular weight is 328 g/mol. The lowest BCUT2D eigenvalue weighted by Crippen LogP contribution is -2.23. The lowest BCUT2D eigenvalue weighted by atomic mass is 10.1. The third kappa shape index (κ3) is 3.12. The van der Waals surface area contributed by atoms with Crippen molar-refractivity contribution in [3.8, 4) is 11.3 Å². The normalized spacial score (nSPS) is 10.7. The molecule has 5 nitrogen and oxygen atoms in total. The van der Waals surface area contributed by atoms with Crippen molar-refractivity contribution in [1.29, 1.82) is 0 Å². The molecule has 2 heterocycles. The molecule has 0 aliphatic carbocycles. The van der Waals surface area contributed by atoms with Crippen LogP contribution < -0.4 is 5.32 Å². The lowest BCUT2D eigenvalue weighted by Gasteiger charge is -2.06. The van der Waals surface area contributed by atoms with Crippen molar-refractivity contribution < 1.29 is 4.79 Å². The molecule has 2 N–H and O–H groups in total. The molecule has 0 atom stereocenters. The number of hydrogen-bond acceptors (Lipinski definition) is 3. The van der Waals surface area contributed by atoms with E-state index in [0.717, 1.165) is 27.7 Å². The third-order valence-corrected chi connectivity index (χ3v) is 4.05. The zero-order valence-corrected chi connectivity index (χ0v) is 13.4. The predicted molar refractivity (Wildman–Crippen MR) is 96.9 cm³/mol. The molecule has 0 radical (unpaired) electrons. The van der Waals surface area contributed by atoms with E-state index in [4.69, 9.17) is 0 Å². The molecule has 0 aliphatic heterocycles. The van der Waals surface area contributed by atoms with Gasteiger partial charge in [0.2, 0.25) is 0 Å². The van der Waals surface area contributed by atoms with E-state index < -0.39 is 0 Å². The number of nitrogens with zero attached hydrogens (tertiary/aromatic N) is 2. The lowest BCUT2D eigenvalue weighted by molar-refractivity contribution is 0.0946. The third-order valence-electron chi connectivity index (χ3n) is 4.05. The maximum absolute atomic E-state index is 12.4. The van der Waals surface area contributed by atoms with Crippen molar-refractivity contribution >= 4 is 16.8 Å². The van der Waals surface area contributed by atoms with E-state index in [0.29, 0.717) is 12.2 Å². The van der Waals surface area contributed by atoms with Gasteiger partial charge in [0, 0.05) is 23.7 Å². The molecule has 0 saturated heterocycles. The molecule has 0 bridgehead atoms. The Balaban J connectivity index is 1.50. The standard InChI is InChI=1S/C20H16N4O/c25-20(18-12-17(23-24-18)14-6-2-1-3-7-14)22-13-16-9-4-8-15-10-5-11-21-19(15)16/h1-12H,13H2,(H,22,25)(H,23,24). The van der Waals surface area contributed by atoms with E-state index in [2.05, 4.69) is 20.5 Å². The summed E-state index contributed by atoms with van der Waals surface area (Å²) in [6, 6.07) is 21.4. The van der Waals surface area contributed by atoms with E-state index in [1.165, 1.54) is 0 Å². The molecule has 1 amide bonds. The summed E-state index contributed by atoms with van der Waals surface area (Å²) in [7, 11) is 0. The Kier molecular flexibility index (Phi) is 3.96. The first-order valence-electron chi connectivity index (χ1n) is 8.03. The second-order valence-electron chi connectivity index (χ2n) is 5.71. The summed E-state index contributed by atoms with van der Waals surface area (Å²) in [4.78, 5) is 16.8. The van der Waals surface area contributed by atoms with Crippen LogP contribution in [0.2, 0.25) is 0 Å². The van der Waals surface area contributed by atoms with Crippen LogP contribution in [0, 0.1) is 0 Å². The SMILES string of the molecule is O=C(NCc1cccc2cccnc12)c1cc(-c2ccccc2)n[nH]1. The molecule has 0 aliphatic rings. The smallest absolute Gasteiger partial charge is 0.269 e. The number of amides is 1. The highest BCUT2D eigenvalue weighted by atomic mass is 16.1. The molecule has 4 aromatic rings. The monoisotopic (exact) mass is 328 g/mol. The molecule has 25 heavy (non-hydrogen) atoms. The summed E-state index contributed by atoms with van der Waals surface area (Å²) < 4.78 is 0. The van der Waals surface area contributed by atoms with Gasteiger partial charge in [-0.15, -0.1) is 0 Å². The Hall–Kier alpha value is -3.47. The number of aromatic nitrogens is 3.